The van der Waals surface area contributed by atoms with Gasteiger partial charge in [-0.05, 0) is 62.1 Å². The summed E-state index contributed by atoms with van der Waals surface area (Å²) in [5, 5.41) is 12.7. The molecule has 5 rings (SSSR count). The summed E-state index contributed by atoms with van der Waals surface area (Å²) in [6, 6.07) is 10.6. The van der Waals surface area contributed by atoms with Crippen LogP contribution in [-0.2, 0) is 9.59 Å². The van der Waals surface area contributed by atoms with Crippen LogP contribution in [0.1, 0.15) is 57.4 Å². The fourth-order valence-corrected chi connectivity index (χ4v) is 5.36. The van der Waals surface area contributed by atoms with Crippen molar-refractivity contribution < 1.29 is 19.4 Å². The van der Waals surface area contributed by atoms with Crippen LogP contribution in [0.4, 0.5) is 0 Å². The largest absolute Gasteiger partial charge is 0.481 e. The summed E-state index contributed by atoms with van der Waals surface area (Å²) in [6.45, 7) is 1.56. The maximum absolute atomic E-state index is 11.3. The highest BCUT2D eigenvalue weighted by atomic mass is 35.5. The first-order valence-electron chi connectivity index (χ1n) is 12.4. The molecule has 1 aromatic carbocycles. The van der Waals surface area contributed by atoms with Crippen molar-refractivity contribution in [1.29, 1.82) is 0 Å². The van der Waals surface area contributed by atoms with Gasteiger partial charge in [0.1, 0.15) is 6.10 Å². The second-order valence-electron chi connectivity index (χ2n) is 9.64. The number of hydrogen-bond donors (Lipinski definition) is 3. The highest BCUT2D eigenvalue weighted by Gasteiger charge is 2.27. The first kappa shape index (κ1) is 24.3. The first-order chi connectivity index (χ1) is 17.4. The summed E-state index contributed by atoms with van der Waals surface area (Å²) < 4.78 is 5.99. The van der Waals surface area contributed by atoms with Crippen molar-refractivity contribution in [3.05, 3.63) is 47.0 Å². The number of carboxylic acids is 1. The maximum atomic E-state index is 11.3. The predicted octanol–water partition coefficient (Wildman–Crippen LogP) is 5.37. The highest BCUT2D eigenvalue weighted by molar-refractivity contribution is 6.33. The molecule has 2 heterocycles. The number of aromatic amines is 1. The van der Waals surface area contributed by atoms with Gasteiger partial charge in [-0.2, -0.15) is 4.98 Å². The van der Waals surface area contributed by atoms with Crippen molar-refractivity contribution in [2.75, 3.05) is 0 Å². The molecule has 2 aromatic heterocycles. The Kier molecular flexibility index (Phi) is 6.96. The van der Waals surface area contributed by atoms with E-state index >= 15 is 0 Å². The minimum Gasteiger partial charge on any atom is -0.481 e. The standard InChI is InChI=1S/C27H29ClN4O4/c1-15(33)29-20-10-6-17(7-11-20)16-2-4-18(5-3-16)24-22(28)14-23-25(31-24)32-27(30-23)36-21-12-8-19(9-13-21)26(34)35/h2-6,14,19-21H,7-13H2,1H3,(H,29,33)(H,34,35)(H,30,31,32). The summed E-state index contributed by atoms with van der Waals surface area (Å²) in [7, 11) is 0. The molecule has 36 heavy (non-hydrogen) atoms. The average Bonchev–Trinajstić information content (AvgIpc) is 3.25. The number of imidazole rings is 1. The van der Waals surface area contributed by atoms with E-state index in [0.29, 0.717) is 53.6 Å². The molecule has 0 radical (unpaired) electrons. The molecule has 1 unspecified atom stereocenters. The number of carbonyl (C=O) groups is 2. The Morgan fingerprint density at radius 2 is 1.81 bits per heavy atom. The van der Waals surface area contributed by atoms with Crippen LogP contribution in [0.15, 0.2) is 36.4 Å². The van der Waals surface area contributed by atoms with Crippen molar-refractivity contribution in [2.45, 2.75) is 64.0 Å². The van der Waals surface area contributed by atoms with E-state index in [1.54, 1.807) is 13.0 Å². The summed E-state index contributed by atoms with van der Waals surface area (Å²) in [5.74, 6) is -1.01. The lowest BCUT2D eigenvalue weighted by molar-refractivity contribution is -0.143. The van der Waals surface area contributed by atoms with Crippen LogP contribution in [0.3, 0.4) is 0 Å². The van der Waals surface area contributed by atoms with Gasteiger partial charge in [0.15, 0.2) is 5.65 Å². The Morgan fingerprint density at radius 1 is 1.08 bits per heavy atom. The number of nitrogens with zero attached hydrogens (tertiary/aromatic N) is 2. The number of carboxylic acid groups (broad SMARTS) is 1. The minimum absolute atomic E-state index is 0.0148. The predicted molar refractivity (Wildman–Crippen MR) is 138 cm³/mol. The van der Waals surface area contributed by atoms with Crippen molar-refractivity contribution in [2.24, 2.45) is 5.92 Å². The minimum atomic E-state index is -0.734. The van der Waals surface area contributed by atoms with Gasteiger partial charge in [0.25, 0.3) is 6.01 Å². The van der Waals surface area contributed by atoms with Crippen LogP contribution in [-0.4, -0.2) is 44.1 Å². The summed E-state index contributed by atoms with van der Waals surface area (Å²) in [5.41, 5.74) is 5.20. The lowest BCUT2D eigenvalue weighted by Gasteiger charge is -2.25. The van der Waals surface area contributed by atoms with Crippen molar-refractivity contribution >= 4 is 40.2 Å². The second-order valence-corrected chi connectivity index (χ2v) is 10.0. The van der Waals surface area contributed by atoms with E-state index in [9.17, 15) is 14.7 Å². The molecule has 1 fully saturated rings. The Morgan fingerprint density at radius 3 is 2.44 bits per heavy atom. The van der Waals surface area contributed by atoms with Gasteiger partial charge in [-0.25, -0.2) is 4.98 Å². The number of hydrogen-bond acceptors (Lipinski definition) is 5. The lowest BCUT2D eigenvalue weighted by atomic mass is 9.87. The number of carbonyl (C=O) groups excluding carboxylic acids is 1. The molecule has 188 valence electrons. The third kappa shape index (κ3) is 5.38. The molecule has 9 heteroatoms. The van der Waals surface area contributed by atoms with E-state index < -0.39 is 5.97 Å². The summed E-state index contributed by atoms with van der Waals surface area (Å²) >= 11 is 6.58. The molecule has 3 N–H and O–H groups in total. The van der Waals surface area contributed by atoms with Crippen LogP contribution >= 0.6 is 11.6 Å². The number of ether oxygens (including phenoxy) is 1. The number of pyridine rings is 1. The van der Waals surface area contributed by atoms with E-state index in [1.165, 1.54) is 5.57 Å². The highest BCUT2D eigenvalue weighted by Crippen LogP contribution is 2.33. The van der Waals surface area contributed by atoms with Crippen LogP contribution in [0.2, 0.25) is 5.02 Å². The van der Waals surface area contributed by atoms with Gasteiger partial charge in [-0.1, -0.05) is 41.9 Å². The SMILES string of the molecule is CC(=O)NC1CC=C(c2ccc(-c3nc4nc(OC5CCC(C(=O)O)CC5)[nH]c4cc3Cl)cc2)CC1. The number of fused-ring (bicyclic) bond motifs is 1. The number of aliphatic carboxylic acids is 1. The Hall–Kier alpha value is -3.39. The van der Waals surface area contributed by atoms with Crippen molar-refractivity contribution in [1.82, 2.24) is 20.3 Å². The number of benzene rings is 1. The molecule has 0 aliphatic heterocycles. The third-order valence-corrected chi connectivity index (χ3v) is 7.34. The summed E-state index contributed by atoms with van der Waals surface area (Å²) in [6.07, 6.45) is 7.42. The summed E-state index contributed by atoms with van der Waals surface area (Å²) in [4.78, 5) is 34.8. The lowest BCUT2D eigenvalue weighted by Crippen LogP contribution is -2.33. The molecule has 8 nitrogen and oxygen atoms in total. The van der Waals surface area contributed by atoms with Gasteiger partial charge in [0, 0.05) is 18.5 Å². The number of aromatic nitrogens is 3. The van der Waals surface area contributed by atoms with Crippen molar-refractivity contribution in [3.8, 4) is 17.3 Å². The number of halogens is 1. The van der Waals surface area contributed by atoms with Crippen molar-refractivity contribution in [3.63, 3.8) is 0 Å². The fourth-order valence-electron chi connectivity index (χ4n) is 5.10. The van der Waals surface area contributed by atoms with Crippen LogP contribution in [0.25, 0.3) is 28.0 Å². The molecule has 2 aliphatic rings. The Labute approximate surface area is 214 Å². The zero-order chi connectivity index (χ0) is 25.2. The second kappa shape index (κ2) is 10.3. The smallest absolute Gasteiger partial charge is 0.306 e. The monoisotopic (exact) mass is 508 g/mol. The van der Waals surface area contributed by atoms with Gasteiger partial charge < -0.3 is 20.1 Å². The maximum Gasteiger partial charge on any atom is 0.306 e. The average molecular weight is 509 g/mol. The van der Waals surface area contributed by atoms with E-state index in [0.717, 1.165) is 30.4 Å². The van der Waals surface area contributed by atoms with Crippen LogP contribution in [0, 0.1) is 5.92 Å². The molecule has 2 aliphatic carbocycles. The first-order valence-corrected chi connectivity index (χ1v) is 12.8. The molecule has 1 amide bonds. The zero-order valence-electron chi connectivity index (χ0n) is 20.1. The Bertz CT molecular complexity index is 1310. The molecule has 1 atom stereocenters. The third-order valence-electron chi connectivity index (χ3n) is 7.05. The molecule has 0 saturated heterocycles. The van der Waals surface area contributed by atoms with E-state index in [2.05, 4.69) is 38.5 Å². The van der Waals surface area contributed by atoms with E-state index in [1.807, 2.05) is 12.1 Å². The molecular weight excluding hydrogens is 480 g/mol. The molecular formula is C27H29ClN4O4. The van der Waals surface area contributed by atoms with E-state index in [4.69, 9.17) is 16.3 Å². The van der Waals surface area contributed by atoms with Crippen LogP contribution < -0.4 is 10.1 Å². The number of rotatable bonds is 6. The Balaban J connectivity index is 1.28. The van der Waals surface area contributed by atoms with Gasteiger partial charge >= 0.3 is 5.97 Å². The van der Waals surface area contributed by atoms with Crippen LogP contribution in [0.5, 0.6) is 6.01 Å². The van der Waals surface area contributed by atoms with Gasteiger partial charge in [-0.15, -0.1) is 0 Å². The zero-order valence-corrected chi connectivity index (χ0v) is 20.8. The fraction of sp³-hybridized carbons (Fsp3) is 0.407. The topological polar surface area (TPSA) is 117 Å². The molecule has 3 aromatic rings. The van der Waals surface area contributed by atoms with Gasteiger partial charge in [0.05, 0.1) is 22.2 Å². The number of allylic oxidation sites excluding steroid dienone is 1. The molecule has 0 spiro atoms. The quantitative estimate of drug-likeness (QED) is 0.412. The molecule has 1 saturated carbocycles. The van der Waals surface area contributed by atoms with Gasteiger partial charge in [-0.3, -0.25) is 9.59 Å². The number of amides is 1. The van der Waals surface area contributed by atoms with E-state index in [-0.39, 0.29) is 24.0 Å². The normalized spacial score (nSPS) is 22.2. The van der Waals surface area contributed by atoms with Gasteiger partial charge in [0.2, 0.25) is 5.91 Å². The molecule has 0 bridgehead atoms. The number of nitrogens with one attached hydrogen (secondary N) is 2. The number of H-pyrrole nitrogens is 1.